The van der Waals surface area contributed by atoms with E-state index in [1.807, 2.05) is 0 Å². The first kappa shape index (κ1) is 9.70. The van der Waals surface area contributed by atoms with Crippen LogP contribution in [0.2, 0.25) is 0 Å². The molecule has 0 amide bonds. The van der Waals surface area contributed by atoms with Crippen LogP contribution in [0.5, 0.6) is 11.6 Å². The van der Waals surface area contributed by atoms with Crippen LogP contribution in [-0.4, -0.2) is 19.2 Å². The highest BCUT2D eigenvalue weighted by atomic mass is 19.3. The highest BCUT2D eigenvalue weighted by molar-refractivity contribution is 5.35. The van der Waals surface area contributed by atoms with Crippen molar-refractivity contribution in [2.45, 2.75) is 6.43 Å². The van der Waals surface area contributed by atoms with E-state index in [-0.39, 0.29) is 17.2 Å². The summed E-state index contributed by atoms with van der Waals surface area (Å²) in [4.78, 5) is 3.73. The molecule has 1 aromatic heterocycles. The van der Waals surface area contributed by atoms with E-state index in [4.69, 9.17) is 9.47 Å². The molecule has 0 N–H and O–H groups in total. The number of pyridine rings is 1. The summed E-state index contributed by atoms with van der Waals surface area (Å²) in [6.07, 6.45) is -1.38. The van der Waals surface area contributed by atoms with Crippen molar-refractivity contribution < 1.29 is 18.3 Å². The topological polar surface area (TPSA) is 31.4 Å². The average molecular weight is 189 g/mol. The van der Waals surface area contributed by atoms with E-state index in [1.165, 1.54) is 20.4 Å². The van der Waals surface area contributed by atoms with Gasteiger partial charge in [0.25, 0.3) is 6.43 Å². The Hall–Kier alpha value is -1.39. The summed E-state index contributed by atoms with van der Waals surface area (Å²) in [5, 5.41) is 0. The Bertz CT molecular complexity index is 291. The zero-order valence-corrected chi connectivity index (χ0v) is 7.25. The summed E-state index contributed by atoms with van der Waals surface area (Å²) in [6, 6.07) is 1.16. The van der Waals surface area contributed by atoms with Gasteiger partial charge in [-0.25, -0.2) is 13.8 Å². The molecule has 0 aromatic carbocycles. The van der Waals surface area contributed by atoms with Crippen molar-refractivity contribution >= 4 is 0 Å². The standard InChI is InChI=1S/C8H9F2NO2/c1-12-6-4-11-7(13-2)3-5(6)8(9)10/h3-4,8H,1-2H3. The molecule has 1 aromatic rings. The quantitative estimate of drug-likeness (QED) is 0.729. The molecular weight excluding hydrogens is 180 g/mol. The maximum Gasteiger partial charge on any atom is 0.267 e. The van der Waals surface area contributed by atoms with Crippen LogP contribution in [0.3, 0.4) is 0 Å². The van der Waals surface area contributed by atoms with E-state index in [1.54, 1.807) is 0 Å². The average Bonchev–Trinajstić information content (AvgIpc) is 2.16. The minimum atomic E-state index is -2.59. The van der Waals surface area contributed by atoms with Crippen molar-refractivity contribution in [2.75, 3.05) is 14.2 Å². The largest absolute Gasteiger partial charge is 0.495 e. The third kappa shape index (κ3) is 2.05. The van der Waals surface area contributed by atoms with Gasteiger partial charge in [-0.15, -0.1) is 0 Å². The zero-order valence-electron chi connectivity index (χ0n) is 7.25. The lowest BCUT2D eigenvalue weighted by atomic mass is 10.2. The van der Waals surface area contributed by atoms with Gasteiger partial charge in [-0.3, -0.25) is 0 Å². The van der Waals surface area contributed by atoms with Crippen LogP contribution in [0.25, 0.3) is 0 Å². The van der Waals surface area contributed by atoms with Gasteiger partial charge in [0.05, 0.1) is 26.0 Å². The second-order valence-electron chi connectivity index (χ2n) is 2.27. The van der Waals surface area contributed by atoms with Gasteiger partial charge < -0.3 is 9.47 Å². The lowest BCUT2D eigenvalue weighted by molar-refractivity contribution is 0.146. The van der Waals surface area contributed by atoms with Crippen molar-refractivity contribution in [3.63, 3.8) is 0 Å². The van der Waals surface area contributed by atoms with Crippen LogP contribution in [0, 0.1) is 0 Å². The van der Waals surface area contributed by atoms with E-state index in [0.29, 0.717) is 0 Å². The second kappa shape index (κ2) is 4.02. The molecule has 0 saturated heterocycles. The van der Waals surface area contributed by atoms with E-state index < -0.39 is 6.43 Å². The van der Waals surface area contributed by atoms with E-state index in [0.717, 1.165) is 6.07 Å². The fourth-order valence-electron chi connectivity index (χ4n) is 0.891. The first-order valence-electron chi connectivity index (χ1n) is 3.55. The third-order valence-corrected chi connectivity index (χ3v) is 1.54. The SMILES string of the molecule is COc1cc(C(F)F)c(OC)cn1. The number of ether oxygens (including phenoxy) is 2. The zero-order chi connectivity index (χ0) is 9.84. The minimum Gasteiger partial charge on any atom is -0.495 e. The Morgan fingerprint density at radius 2 is 2.00 bits per heavy atom. The number of rotatable bonds is 3. The normalized spacial score (nSPS) is 10.2. The number of aromatic nitrogens is 1. The molecule has 0 unspecified atom stereocenters. The van der Waals surface area contributed by atoms with Crippen LogP contribution in [-0.2, 0) is 0 Å². The van der Waals surface area contributed by atoms with Crippen LogP contribution in [0.1, 0.15) is 12.0 Å². The number of alkyl halides is 2. The lowest BCUT2D eigenvalue weighted by Crippen LogP contribution is -1.96. The predicted molar refractivity (Wildman–Crippen MR) is 42.3 cm³/mol. The number of nitrogens with zero attached hydrogens (tertiary/aromatic N) is 1. The molecule has 1 heterocycles. The Labute approximate surface area is 74.3 Å². The summed E-state index contributed by atoms with van der Waals surface area (Å²) in [6.45, 7) is 0. The molecule has 0 radical (unpaired) electrons. The van der Waals surface area contributed by atoms with Crippen LogP contribution < -0.4 is 9.47 Å². The van der Waals surface area contributed by atoms with Crippen LogP contribution >= 0.6 is 0 Å². The third-order valence-electron chi connectivity index (χ3n) is 1.54. The van der Waals surface area contributed by atoms with Gasteiger partial charge in [0, 0.05) is 6.07 Å². The van der Waals surface area contributed by atoms with E-state index in [2.05, 4.69) is 4.98 Å². The van der Waals surface area contributed by atoms with Crippen molar-refractivity contribution in [1.29, 1.82) is 0 Å². The number of halogens is 2. The van der Waals surface area contributed by atoms with Crippen molar-refractivity contribution in [3.8, 4) is 11.6 Å². The van der Waals surface area contributed by atoms with Gasteiger partial charge in [-0.05, 0) is 0 Å². The molecule has 0 atom stereocenters. The Morgan fingerprint density at radius 1 is 1.31 bits per heavy atom. The van der Waals surface area contributed by atoms with Crippen LogP contribution in [0.15, 0.2) is 12.3 Å². The summed E-state index contributed by atoms with van der Waals surface area (Å²) in [7, 11) is 2.68. The van der Waals surface area contributed by atoms with Gasteiger partial charge in [-0.1, -0.05) is 0 Å². The Kier molecular flexibility index (Phi) is 3.00. The molecule has 0 spiro atoms. The molecule has 0 bridgehead atoms. The molecule has 72 valence electrons. The summed E-state index contributed by atoms with van der Waals surface area (Å²) in [5.74, 6) is 0.215. The van der Waals surface area contributed by atoms with Gasteiger partial charge in [0.1, 0.15) is 5.75 Å². The van der Waals surface area contributed by atoms with Gasteiger partial charge in [0.15, 0.2) is 0 Å². The molecule has 1 rings (SSSR count). The minimum absolute atomic E-state index is 0.0656. The smallest absolute Gasteiger partial charge is 0.267 e. The van der Waals surface area contributed by atoms with Crippen molar-refractivity contribution in [2.24, 2.45) is 0 Å². The summed E-state index contributed by atoms with van der Waals surface area (Å²) < 4.78 is 34.1. The summed E-state index contributed by atoms with van der Waals surface area (Å²) in [5.41, 5.74) is -0.214. The van der Waals surface area contributed by atoms with Crippen molar-refractivity contribution in [1.82, 2.24) is 4.98 Å². The van der Waals surface area contributed by atoms with Crippen molar-refractivity contribution in [3.05, 3.63) is 17.8 Å². The number of methoxy groups -OCH3 is 2. The monoisotopic (exact) mass is 189 g/mol. The first-order chi connectivity index (χ1) is 6.19. The fraction of sp³-hybridized carbons (Fsp3) is 0.375. The molecule has 0 aliphatic heterocycles. The number of hydrogen-bond donors (Lipinski definition) is 0. The van der Waals surface area contributed by atoms with Gasteiger partial charge in [-0.2, -0.15) is 0 Å². The molecular formula is C8H9F2NO2. The highest BCUT2D eigenvalue weighted by Crippen LogP contribution is 2.30. The fourth-order valence-corrected chi connectivity index (χ4v) is 0.891. The molecule has 0 aliphatic rings. The van der Waals surface area contributed by atoms with E-state index >= 15 is 0 Å². The first-order valence-corrected chi connectivity index (χ1v) is 3.55. The molecule has 0 saturated carbocycles. The molecule has 5 heteroatoms. The Balaban J connectivity index is 3.10. The molecule has 0 fully saturated rings. The molecule has 13 heavy (non-hydrogen) atoms. The predicted octanol–water partition coefficient (Wildman–Crippen LogP) is 2.04. The highest BCUT2D eigenvalue weighted by Gasteiger charge is 2.15. The maximum absolute atomic E-state index is 12.4. The van der Waals surface area contributed by atoms with Gasteiger partial charge >= 0.3 is 0 Å². The van der Waals surface area contributed by atoms with Gasteiger partial charge in [0.2, 0.25) is 5.88 Å². The lowest BCUT2D eigenvalue weighted by Gasteiger charge is -2.07. The number of hydrogen-bond acceptors (Lipinski definition) is 3. The molecule has 0 aliphatic carbocycles. The van der Waals surface area contributed by atoms with E-state index in [9.17, 15) is 8.78 Å². The second-order valence-corrected chi connectivity index (χ2v) is 2.27. The molecule has 3 nitrogen and oxygen atoms in total. The summed E-state index contributed by atoms with van der Waals surface area (Å²) >= 11 is 0. The Morgan fingerprint density at radius 3 is 2.46 bits per heavy atom. The van der Waals surface area contributed by atoms with Crippen LogP contribution in [0.4, 0.5) is 8.78 Å². The maximum atomic E-state index is 12.4.